The largest absolute Gasteiger partial charge is 0.504 e. The van der Waals surface area contributed by atoms with Crippen LogP contribution < -0.4 is 10.1 Å². The lowest BCUT2D eigenvalue weighted by molar-refractivity contribution is -0.118. The fourth-order valence-electron chi connectivity index (χ4n) is 2.40. The first kappa shape index (κ1) is 19.8. The van der Waals surface area contributed by atoms with Crippen LogP contribution in [0, 0.1) is 5.82 Å². The minimum Gasteiger partial charge on any atom is -0.504 e. The first-order valence-electron chi connectivity index (χ1n) is 7.76. The van der Waals surface area contributed by atoms with E-state index < -0.39 is 24.1 Å². The zero-order valence-corrected chi connectivity index (χ0v) is 16.3. The predicted octanol–water partition coefficient (Wildman–Crippen LogP) is 4.37. The number of phenols is 1. The summed E-state index contributed by atoms with van der Waals surface area (Å²) < 4.78 is 19.1. The second-order valence-electron chi connectivity index (χ2n) is 5.66. The van der Waals surface area contributed by atoms with Crippen molar-refractivity contribution in [1.82, 2.24) is 4.98 Å². The third-order valence-electron chi connectivity index (χ3n) is 3.73. The fourth-order valence-corrected chi connectivity index (χ4v) is 2.93. The summed E-state index contributed by atoms with van der Waals surface area (Å²) in [6.45, 7) is -0.511. The minimum atomic E-state index is -0.987. The number of amides is 1. The molecule has 28 heavy (non-hydrogen) atoms. The van der Waals surface area contributed by atoms with Crippen molar-refractivity contribution in [2.24, 2.45) is 0 Å². The number of aromatic amines is 1. The first-order chi connectivity index (χ1) is 13.3. The van der Waals surface area contributed by atoms with Crippen LogP contribution in [-0.2, 0) is 4.79 Å². The van der Waals surface area contributed by atoms with Gasteiger partial charge in [-0.15, -0.1) is 0 Å². The highest BCUT2D eigenvalue weighted by molar-refractivity contribution is 9.10. The summed E-state index contributed by atoms with van der Waals surface area (Å²) in [5.41, 5.74) is 1.13. The summed E-state index contributed by atoms with van der Waals surface area (Å²) in [6, 6.07) is 8.56. The van der Waals surface area contributed by atoms with Crippen LogP contribution in [0.5, 0.6) is 23.3 Å². The minimum absolute atomic E-state index is 0.162. The molecule has 0 aliphatic heterocycles. The van der Waals surface area contributed by atoms with E-state index in [9.17, 15) is 24.5 Å². The maximum absolute atomic E-state index is 13.8. The van der Waals surface area contributed by atoms with Crippen molar-refractivity contribution in [3.05, 3.63) is 51.7 Å². The van der Waals surface area contributed by atoms with E-state index in [1.807, 2.05) is 0 Å². The quantitative estimate of drug-likeness (QED) is 0.379. The number of hydrogen-bond donors (Lipinski definition) is 5. The van der Waals surface area contributed by atoms with Gasteiger partial charge in [0.25, 0.3) is 5.91 Å². The molecule has 1 heterocycles. The van der Waals surface area contributed by atoms with E-state index in [-0.39, 0.29) is 32.7 Å². The molecule has 10 heteroatoms. The van der Waals surface area contributed by atoms with Crippen LogP contribution in [0.4, 0.5) is 10.1 Å². The molecule has 7 nitrogen and oxygen atoms in total. The molecule has 5 N–H and O–H groups in total. The van der Waals surface area contributed by atoms with Gasteiger partial charge in [0.2, 0.25) is 5.82 Å². The third-order valence-corrected chi connectivity index (χ3v) is 4.68. The number of phenolic OH excluding ortho intramolecular Hbond substituents is 1. The van der Waals surface area contributed by atoms with Crippen molar-refractivity contribution in [2.75, 3.05) is 11.9 Å². The van der Waals surface area contributed by atoms with Gasteiger partial charge in [-0.2, -0.15) is 4.39 Å². The van der Waals surface area contributed by atoms with Crippen molar-refractivity contribution in [2.45, 2.75) is 0 Å². The lowest BCUT2D eigenvalue weighted by Gasteiger charge is -2.11. The Morgan fingerprint density at radius 2 is 1.96 bits per heavy atom. The number of anilines is 1. The molecule has 3 rings (SSSR count). The van der Waals surface area contributed by atoms with Crippen LogP contribution in [0.15, 0.2) is 40.9 Å². The summed E-state index contributed by atoms with van der Waals surface area (Å²) in [4.78, 5) is 14.4. The molecular weight excluding hydrogens is 459 g/mol. The van der Waals surface area contributed by atoms with Crippen LogP contribution in [0.1, 0.15) is 0 Å². The summed E-state index contributed by atoms with van der Waals surface area (Å²) in [5, 5.41) is 31.3. The molecule has 0 radical (unpaired) electrons. The topological polar surface area (TPSA) is 115 Å². The van der Waals surface area contributed by atoms with Gasteiger partial charge in [0.15, 0.2) is 29.9 Å². The molecule has 0 unspecified atom stereocenters. The Morgan fingerprint density at radius 1 is 1.21 bits per heavy atom. The molecule has 0 saturated heterocycles. The van der Waals surface area contributed by atoms with Gasteiger partial charge in [-0.1, -0.05) is 17.7 Å². The van der Waals surface area contributed by atoms with Gasteiger partial charge < -0.3 is 25.4 Å². The molecule has 0 atom stereocenters. The molecule has 1 aromatic heterocycles. The van der Waals surface area contributed by atoms with Gasteiger partial charge in [0, 0.05) is 11.6 Å². The van der Waals surface area contributed by atoms with E-state index in [1.165, 1.54) is 30.3 Å². The van der Waals surface area contributed by atoms with E-state index in [0.717, 1.165) is 0 Å². The Bertz CT molecular complexity index is 1060. The lowest BCUT2D eigenvalue weighted by Crippen LogP contribution is -2.20. The number of ether oxygens (including phenoxy) is 1. The standard InChI is InChI=1S/C18H13BrClFN2O5/c19-10-2-4-13(16(21)17(10)26)28-7-15(25)22-12-3-1-8(5-11(12)20)9-6-14(24)23-18(9)27/h1-6,23-24,26-27H,7H2,(H,22,25). The number of halogens is 3. The molecular formula is C18H13BrClFN2O5. The van der Waals surface area contributed by atoms with Crippen LogP contribution in [0.3, 0.4) is 0 Å². The molecule has 0 saturated carbocycles. The number of carbonyl (C=O) groups excluding carboxylic acids is 1. The zero-order valence-electron chi connectivity index (χ0n) is 14.0. The van der Waals surface area contributed by atoms with Crippen molar-refractivity contribution >= 4 is 39.1 Å². The van der Waals surface area contributed by atoms with Gasteiger partial charge in [0.1, 0.15) is 0 Å². The number of nitrogens with one attached hydrogen (secondary N) is 2. The van der Waals surface area contributed by atoms with Gasteiger partial charge in [-0.3, -0.25) is 9.78 Å². The molecule has 0 aliphatic carbocycles. The summed E-state index contributed by atoms with van der Waals surface area (Å²) in [7, 11) is 0. The van der Waals surface area contributed by atoms with Gasteiger partial charge in [-0.05, 0) is 45.8 Å². The highest BCUT2D eigenvalue weighted by atomic mass is 79.9. The maximum atomic E-state index is 13.8. The van der Waals surface area contributed by atoms with E-state index >= 15 is 0 Å². The van der Waals surface area contributed by atoms with E-state index in [1.54, 1.807) is 6.07 Å². The number of hydrogen-bond acceptors (Lipinski definition) is 5. The van der Waals surface area contributed by atoms with E-state index in [4.69, 9.17) is 16.3 Å². The summed E-state index contributed by atoms with van der Waals surface area (Å²) in [5.74, 6) is -2.91. The number of aromatic nitrogens is 1. The molecule has 3 aromatic rings. The van der Waals surface area contributed by atoms with Crippen LogP contribution in [-0.4, -0.2) is 32.8 Å². The van der Waals surface area contributed by atoms with Gasteiger partial charge in [0.05, 0.1) is 15.2 Å². The Kier molecular flexibility index (Phi) is 5.66. The maximum Gasteiger partial charge on any atom is 0.262 e. The number of carbonyl (C=O) groups is 1. The number of rotatable bonds is 5. The van der Waals surface area contributed by atoms with Crippen molar-refractivity contribution in [3.63, 3.8) is 0 Å². The lowest BCUT2D eigenvalue weighted by atomic mass is 10.1. The molecule has 146 valence electrons. The van der Waals surface area contributed by atoms with Gasteiger partial charge in [-0.25, -0.2) is 0 Å². The van der Waals surface area contributed by atoms with Crippen molar-refractivity contribution in [3.8, 4) is 34.4 Å². The second kappa shape index (κ2) is 7.99. The summed E-state index contributed by atoms with van der Waals surface area (Å²) >= 11 is 9.12. The monoisotopic (exact) mass is 470 g/mol. The average Bonchev–Trinajstić information content (AvgIpc) is 2.99. The number of H-pyrrole nitrogens is 1. The Labute approximate surface area is 171 Å². The van der Waals surface area contributed by atoms with Gasteiger partial charge >= 0.3 is 0 Å². The van der Waals surface area contributed by atoms with E-state index in [2.05, 4.69) is 26.2 Å². The normalized spacial score (nSPS) is 10.7. The molecule has 1 amide bonds. The smallest absolute Gasteiger partial charge is 0.262 e. The molecule has 0 fully saturated rings. The number of aromatic hydroxyl groups is 3. The Morgan fingerprint density at radius 3 is 2.61 bits per heavy atom. The van der Waals surface area contributed by atoms with Crippen molar-refractivity contribution in [1.29, 1.82) is 0 Å². The average molecular weight is 472 g/mol. The molecule has 2 aromatic carbocycles. The predicted molar refractivity (Wildman–Crippen MR) is 104 cm³/mol. The number of benzene rings is 2. The van der Waals surface area contributed by atoms with Crippen LogP contribution in [0.25, 0.3) is 11.1 Å². The van der Waals surface area contributed by atoms with Crippen LogP contribution >= 0.6 is 27.5 Å². The Balaban J connectivity index is 1.67. The SMILES string of the molecule is O=C(COc1ccc(Br)c(O)c1F)Nc1ccc(-c2cc(O)[nH]c2O)cc1Cl. The van der Waals surface area contributed by atoms with Crippen molar-refractivity contribution < 1.29 is 29.2 Å². The van der Waals surface area contributed by atoms with E-state index in [0.29, 0.717) is 11.1 Å². The highest BCUT2D eigenvalue weighted by Gasteiger charge is 2.15. The summed E-state index contributed by atoms with van der Waals surface area (Å²) in [6.07, 6.45) is 0. The Hall–Kier alpha value is -2.91. The fraction of sp³-hybridized carbons (Fsp3) is 0.0556. The van der Waals surface area contributed by atoms with Crippen LogP contribution in [0.2, 0.25) is 5.02 Å². The zero-order chi connectivity index (χ0) is 20.4. The molecule has 0 aliphatic rings. The second-order valence-corrected chi connectivity index (χ2v) is 6.92. The first-order valence-corrected chi connectivity index (χ1v) is 8.94. The molecule has 0 spiro atoms. The molecule has 0 bridgehead atoms. The third kappa shape index (κ3) is 4.15. The highest BCUT2D eigenvalue weighted by Crippen LogP contribution is 2.36.